The van der Waals surface area contributed by atoms with E-state index < -0.39 is 12.3 Å². The van der Waals surface area contributed by atoms with E-state index in [2.05, 4.69) is 9.72 Å². The van der Waals surface area contributed by atoms with Gasteiger partial charge in [-0.05, 0) is 46.9 Å². The summed E-state index contributed by atoms with van der Waals surface area (Å²) in [5.74, 6) is -1.76. The normalized spacial score (nSPS) is 11.8. The minimum Gasteiger partial charge on any atom is -0.477 e. The molecule has 2 aromatic carbocycles. The van der Waals surface area contributed by atoms with Crippen molar-refractivity contribution >= 4 is 28.5 Å². The standard InChI is InChI=1S/C21H17ClF3NO3/c1-11(2)18-14-10-13(22)7-8-16(14)26-19(20(27)28)15(18)9-12-5-3-4-6-17(12)29-21(23,24)25/h3-8,10-11H,9H2,1-2H3,(H,27,28). The maximum absolute atomic E-state index is 12.8. The summed E-state index contributed by atoms with van der Waals surface area (Å²) < 4.78 is 42.5. The van der Waals surface area contributed by atoms with Crippen molar-refractivity contribution in [3.05, 3.63) is 69.9 Å². The molecule has 0 unspecified atom stereocenters. The fourth-order valence-electron chi connectivity index (χ4n) is 3.38. The Labute approximate surface area is 169 Å². The van der Waals surface area contributed by atoms with Gasteiger partial charge in [-0.2, -0.15) is 0 Å². The Bertz CT molecular complexity index is 1080. The Morgan fingerprint density at radius 2 is 1.90 bits per heavy atom. The molecule has 0 aliphatic rings. The zero-order valence-electron chi connectivity index (χ0n) is 15.5. The van der Waals surface area contributed by atoms with Crippen LogP contribution in [0.2, 0.25) is 5.02 Å². The van der Waals surface area contributed by atoms with Gasteiger partial charge >= 0.3 is 12.3 Å². The van der Waals surface area contributed by atoms with Gasteiger partial charge in [-0.25, -0.2) is 9.78 Å². The Morgan fingerprint density at radius 1 is 1.21 bits per heavy atom. The number of carbonyl (C=O) groups is 1. The van der Waals surface area contributed by atoms with E-state index in [1.807, 2.05) is 13.8 Å². The van der Waals surface area contributed by atoms with Crippen molar-refractivity contribution in [3.63, 3.8) is 0 Å². The fourth-order valence-corrected chi connectivity index (χ4v) is 3.55. The Hall–Kier alpha value is -2.80. The second-order valence-electron chi connectivity index (χ2n) is 6.81. The molecule has 0 aliphatic carbocycles. The van der Waals surface area contributed by atoms with Gasteiger partial charge in [0, 0.05) is 16.8 Å². The van der Waals surface area contributed by atoms with Crippen molar-refractivity contribution < 1.29 is 27.8 Å². The SMILES string of the molecule is CC(C)c1c(Cc2ccccc2OC(F)(F)F)c(C(=O)O)nc2ccc(Cl)cc12. The molecule has 3 aromatic rings. The molecule has 0 atom stereocenters. The largest absolute Gasteiger partial charge is 0.573 e. The summed E-state index contributed by atoms with van der Waals surface area (Å²) in [6.45, 7) is 3.76. The second kappa shape index (κ2) is 7.91. The van der Waals surface area contributed by atoms with Crippen LogP contribution in [0.5, 0.6) is 5.75 Å². The van der Waals surface area contributed by atoms with Crippen LogP contribution in [0.4, 0.5) is 13.2 Å². The molecule has 4 nitrogen and oxygen atoms in total. The number of para-hydroxylation sites is 1. The average Bonchev–Trinajstić information content (AvgIpc) is 2.60. The number of rotatable bonds is 5. The van der Waals surface area contributed by atoms with Crippen molar-refractivity contribution in [2.45, 2.75) is 32.5 Å². The molecule has 152 valence electrons. The molecule has 0 radical (unpaired) electrons. The van der Waals surface area contributed by atoms with E-state index in [4.69, 9.17) is 11.6 Å². The number of benzene rings is 2. The first kappa shape index (κ1) is 20.9. The molecule has 1 aromatic heterocycles. The lowest BCUT2D eigenvalue weighted by Crippen LogP contribution is -2.18. The van der Waals surface area contributed by atoms with Gasteiger partial charge in [0.15, 0.2) is 5.69 Å². The topological polar surface area (TPSA) is 59.4 Å². The van der Waals surface area contributed by atoms with Crippen molar-refractivity contribution in [2.75, 3.05) is 0 Å². The van der Waals surface area contributed by atoms with Crippen LogP contribution in [0.15, 0.2) is 42.5 Å². The summed E-state index contributed by atoms with van der Waals surface area (Å²) in [7, 11) is 0. The summed E-state index contributed by atoms with van der Waals surface area (Å²) in [4.78, 5) is 16.1. The lowest BCUT2D eigenvalue weighted by atomic mass is 9.88. The smallest absolute Gasteiger partial charge is 0.477 e. The zero-order chi connectivity index (χ0) is 21.3. The molecule has 0 amide bonds. The highest BCUT2D eigenvalue weighted by Gasteiger charge is 2.32. The van der Waals surface area contributed by atoms with Crippen LogP contribution in [0.25, 0.3) is 10.9 Å². The highest BCUT2D eigenvalue weighted by Crippen LogP contribution is 2.35. The molecular weight excluding hydrogens is 407 g/mol. The molecule has 8 heteroatoms. The lowest BCUT2D eigenvalue weighted by Gasteiger charge is -2.20. The third-order valence-electron chi connectivity index (χ3n) is 4.44. The number of hydrogen-bond donors (Lipinski definition) is 1. The lowest BCUT2D eigenvalue weighted by molar-refractivity contribution is -0.274. The number of ether oxygens (including phenoxy) is 1. The third kappa shape index (κ3) is 4.62. The molecular formula is C21H17ClF3NO3. The van der Waals surface area contributed by atoms with Gasteiger partial charge < -0.3 is 9.84 Å². The van der Waals surface area contributed by atoms with Crippen molar-refractivity contribution in [1.29, 1.82) is 0 Å². The van der Waals surface area contributed by atoms with Gasteiger partial charge in [0.2, 0.25) is 0 Å². The van der Waals surface area contributed by atoms with E-state index >= 15 is 0 Å². The molecule has 29 heavy (non-hydrogen) atoms. The Balaban J connectivity index is 2.25. The van der Waals surface area contributed by atoms with Crippen molar-refractivity contribution in [1.82, 2.24) is 4.98 Å². The Morgan fingerprint density at radius 3 is 2.52 bits per heavy atom. The third-order valence-corrected chi connectivity index (χ3v) is 4.67. The van der Waals surface area contributed by atoms with Crippen LogP contribution < -0.4 is 4.74 Å². The molecule has 1 heterocycles. The first-order valence-corrected chi connectivity index (χ1v) is 9.13. The summed E-state index contributed by atoms with van der Waals surface area (Å²) in [5.41, 5.74) is 1.47. The van der Waals surface area contributed by atoms with Crippen LogP contribution in [-0.4, -0.2) is 22.4 Å². The quantitative estimate of drug-likeness (QED) is 0.530. The van der Waals surface area contributed by atoms with Gasteiger partial charge in [-0.15, -0.1) is 13.2 Å². The van der Waals surface area contributed by atoms with E-state index in [1.54, 1.807) is 24.3 Å². The van der Waals surface area contributed by atoms with Crippen LogP contribution in [0.3, 0.4) is 0 Å². The van der Waals surface area contributed by atoms with Gasteiger partial charge in [-0.3, -0.25) is 0 Å². The number of nitrogens with zero attached hydrogens (tertiary/aromatic N) is 1. The summed E-state index contributed by atoms with van der Waals surface area (Å²) in [6, 6.07) is 10.6. The number of alkyl halides is 3. The monoisotopic (exact) mass is 423 g/mol. The molecule has 0 spiro atoms. The number of aromatic nitrogens is 1. The fraction of sp³-hybridized carbons (Fsp3) is 0.238. The first-order chi connectivity index (χ1) is 13.6. The van der Waals surface area contributed by atoms with Gasteiger partial charge in [-0.1, -0.05) is 43.6 Å². The maximum Gasteiger partial charge on any atom is 0.573 e. The van der Waals surface area contributed by atoms with Gasteiger partial charge in [0.1, 0.15) is 5.75 Å². The van der Waals surface area contributed by atoms with E-state index in [0.29, 0.717) is 27.1 Å². The van der Waals surface area contributed by atoms with Crippen molar-refractivity contribution in [2.24, 2.45) is 0 Å². The maximum atomic E-state index is 12.8. The summed E-state index contributed by atoms with van der Waals surface area (Å²) >= 11 is 6.12. The van der Waals surface area contributed by atoms with Crippen LogP contribution in [0.1, 0.15) is 46.9 Å². The highest BCUT2D eigenvalue weighted by atomic mass is 35.5. The Kier molecular flexibility index (Phi) is 5.71. The zero-order valence-corrected chi connectivity index (χ0v) is 16.3. The summed E-state index contributed by atoms with van der Waals surface area (Å²) in [5, 5.41) is 10.8. The number of fused-ring (bicyclic) bond motifs is 1. The predicted molar refractivity (Wildman–Crippen MR) is 104 cm³/mol. The molecule has 3 rings (SSSR count). The van der Waals surface area contributed by atoms with Gasteiger partial charge in [0.25, 0.3) is 0 Å². The van der Waals surface area contributed by atoms with Gasteiger partial charge in [0.05, 0.1) is 5.52 Å². The number of carboxylic acid groups (broad SMARTS) is 1. The summed E-state index contributed by atoms with van der Waals surface area (Å²) in [6.07, 6.45) is -4.95. The minimum atomic E-state index is -4.86. The van der Waals surface area contributed by atoms with Crippen LogP contribution in [0, 0.1) is 0 Å². The van der Waals surface area contributed by atoms with Crippen molar-refractivity contribution in [3.8, 4) is 5.75 Å². The second-order valence-corrected chi connectivity index (χ2v) is 7.24. The van der Waals surface area contributed by atoms with E-state index in [1.165, 1.54) is 18.2 Å². The first-order valence-electron chi connectivity index (χ1n) is 8.75. The van der Waals surface area contributed by atoms with E-state index in [-0.39, 0.29) is 29.3 Å². The predicted octanol–water partition coefficient (Wildman–Crippen LogP) is 6.20. The number of pyridine rings is 1. The number of aromatic carboxylic acids is 1. The van der Waals surface area contributed by atoms with E-state index in [9.17, 15) is 23.1 Å². The van der Waals surface area contributed by atoms with Crippen LogP contribution >= 0.6 is 11.6 Å². The number of carboxylic acids is 1. The molecule has 0 aliphatic heterocycles. The number of hydrogen-bond acceptors (Lipinski definition) is 3. The van der Waals surface area contributed by atoms with E-state index in [0.717, 1.165) is 0 Å². The number of halogens is 4. The van der Waals surface area contributed by atoms with Crippen LogP contribution in [-0.2, 0) is 6.42 Å². The molecule has 1 N–H and O–H groups in total. The molecule has 0 fully saturated rings. The molecule has 0 saturated heterocycles. The highest BCUT2D eigenvalue weighted by molar-refractivity contribution is 6.31. The molecule has 0 saturated carbocycles. The average molecular weight is 424 g/mol. The minimum absolute atomic E-state index is 0.0865. The molecule has 0 bridgehead atoms.